The summed E-state index contributed by atoms with van der Waals surface area (Å²) >= 11 is 7.66. The zero-order chi connectivity index (χ0) is 13.4. The second-order valence-electron chi connectivity index (χ2n) is 6.33. The summed E-state index contributed by atoms with van der Waals surface area (Å²) in [6, 6.07) is 4.09. The van der Waals surface area contributed by atoms with E-state index < -0.39 is 0 Å². The monoisotopic (exact) mass is 286 g/mol. The molecule has 4 heteroatoms. The van der Waals surface area contributed by atoms with Gasteiger partial charge in [-0.1, -0.05) is 25.4 Å². The summed E-state index contributed by atoms with van der Waals surface area (Å²) in [5.41, 5.74) is 6.67. The van der Waals surface area contributed by atoms with E-state index >= 15 is 0 Å². The average Bonchev–Trinajstić information content (AvgIpc) is 2.83. The highest BCUT2D eigenvalue weighted by Gasteiger charge is 2.44. The maximum Gasteiger partial charge on any atom is 0.0931 e. The number of nitrogens with two attached hydrogens (primary N) is 1. The van der Waals surface area contributed by atoms with E-state index in [1.54, 1.807) is 11.3 Å². The lowest BCUT2D eigenvalue weighted by Gasteiger charge is -2.39. The van der Waals surface area contributed by atoms with Crippen LogP contribution in [-0.2, 0) is 6.54 Å². The maximum absolute atomic E-state index is 6.09. The third-order valence-corrected chi connectivity index (χ3v) is 5.50. The van der Waals surface area contributed by atoms with Gasteiger partial charge >= 0.3 is 0 Å². The van der Waals surface area contributed by atoms with E-state index in [0.717, 1.165) is 17.4 Å². The van der Waals surface area contributed by atoms with Crippen LogP contribution in [0.5, 0.6) is 0 Å². The fraction of sp³-hybridized carbons (Fsp3) is 0.714. The molecular weight excluding hydrogens is 264 g/mol. The molecule has 1 aliphatic carbocycles. The summed E-state index contributed by atoms with van der Waals surface area (Å²) in [7, 11) is 2.20. The quantitative estimate of drug-likeness (QED) is 0.914. The molecule has 18 heavy (non-hydrogen) atoms. The maximum atomic E-state index is 6.09. The van der Waals surface area contributed by atoms with Crippen molar-refractivity contribution in [3.63, 3.8) is 0 Å². The lowest BCUT2D eigenvalue weighted by molar-refractivity contribution is 0.112. The Morgan fingerprint density at radius 3 is 2.56 bits per heavy atom. The van der Waals surface area contributed by atoms with Crippen LogP contribution >= 0.6 is 22.9 Å². The first-order valence-corrected chi connectivity index (χ1v) is 7.72. The van der Waals surface area contributed by atoms with Crippen molar-refractivity contribution in [3.05, 3.63) is 21.3 Å². The highest BCUT2D eigenvalue weighted by molar-refractivity contribution is 7.16. The SMILES string of the molecule is CN(Cc1ccc(Cl)s1)C1(CN)CCC(C)(C)C1. The molecular formula is C14H23ClN2S. The van der Waals surface area contributed by atoms with Gasteiger partial charge in [0.15, 0.2) is 0 Å². The third kappa shape index (κ3) is 2.90. The number of likely N-dealkylation sites (N-methyl/N-ethyl adjacent to an activating group) is 1. The summed E-state index contributed by atoms with van der Waals surface area (Å²) in [6.45, 7) is 6.39. The van der Waals surface area contributed by atoms with Crippen LogP contribution in [0.3, 0.4) is 0 Å². The molecule has 1 saturated carbocycles. The largest absolute Gasteiger partial charge is 0.329 e. The predicted molar refractivity (Wildman–Crippen MR) is 80.2 cm³/mol. The molecule has 2 rings (SSSR count). The molecule has 0 amide bonds. The van der Waals surface area contributed by atoms with Crippen molar-refractivity contribution in [2.45, 2.75) is 45.2 Å². The standard InChI is InChI=1S/C14H23ClN2S/c1-13(2)6-7-14(9-13,10-16)17(3)8-11-4-5-12(15)18-11/h4-5H,6-10,16H2,1-3H3. The fourth-order valence-corrected chi connectivity index (χ4v) is 4.27. The molecule has 2 N–H and O–H groups in total. The van der Waals surface area contributed by atoms with Crippen LogP contribution in [0, 0.1) is 5.41 Å². The molecule has 1 atom stereocenters. The van der Waals surface area contributed by atoms with Crippen molar-refractivity contribution in [1.82, 2.24) is 4.90 Å². The lowest BCUT2D eigenvalue weighted by Crippen LogP contribution is -2.50. The summed E-state index contributed by atoms with van der Waals surface area (Å²) < 4.78 is 0.868. The number of halogens is 1. The van der Waals surface area contributed by atoms with Crippen LogP contribution in [0.25, 0.3) is 0 Å². The Hall–Kier alpha value is -0.0900. The van der Waals surface area contributed by atoms with Crippen LogP contribution < -0.4 is 5.73 Å². The Kier molecular flexibility index (Phi) is 4.07. The van der Waals surface area contributed by atoms with Gasteiger partial charge in [-0.2, -0.15) is 0 Å². The van der Waals surface area contributed by atoms with Crippen molar-refractivity contribution in [2.75, 3.05) is 13.6 Å². The normalized spacial score (nSPS) is 27.0. The van der Waals surface area contributed by atoms with Crippen LogP contribution in [0.2, 0.25) is 4.34 Å². The molecule has 1 aromatic rings. The minimum atomic E-state index is 0.167. The number of nitrogens with zero attached hydrogens (tertiary/aromatic N) is 1. The average molecular weight is 287 g/mol. The van der Waals surface area contributed by atoms with E-state index in [-0.39, 0.29) is 5.54 Å². The first kappa shape index (κ1) is 14.3. The predicted octanol–water partition coefficient (Wildman–Crippen LogP) is 3.74. The molecule has 102 valence electrons. The first-order valence-electron chi connectivity index (χ1n) is 6.52. The fourth-order valence-electron chi connectivity index (χ4n) is 3.13. The van der Waals surface area contributed by atoms with Crippen LogP contribution in [0.15, 0.2) is 12.1 Å². The zero-order valence-corrected chi connectivity index (χ0v) is 13.1. The molecule has 1 aromatic heterocycles. The van der Waals surface area contributed by atoms with Crippen LogP contribution in [0.1, 0.15) is 38.0 Å². The Morgan fingerprint density at radius 1 is 1.39 bits per heavy atom. The summed E-state index contributed by atoms with van der Waals surface area (Å²) in [5, 5.41) is 0. The summed E-state index contributed by atoms with van der Waals surface area (Å²) in [4.78, 5) is 3.75. The Labute approximate surface area is 119 Å². The Balaban J connectivity index is 2.09. The molecule has 1 fully saturated rings. The minimum Gasteiger partial charge on any atom is -0.329 e. The smallest absolute Gasteiger partial charge is 0.0931 e. The second kappa shape index (κ2) is 5.12. The third-order valence-electron chi connectivity index (χ3n) is 4.29. The second-order valence-corrected chi connectivity index (χ2v) is 8.13. The van der Waals surface area contributed by atoms with Crippen molar-refractivity contribution < 1.29 is 0 Å². The lowest BCUT2D eigenvalue weighted by atomic mass is 9.87. The van der Waals surface area contributed by atoms with E-state index in [0.29, 0.717) is 5.41 Å². The zero-order valence-electron chi connectivity index (χ0n) is 11.5. The molecule has 1 aliphatic rings. The van der Waals surface area contributed by atoms with E-state index in [9.17, 15) is 0 Å². The van der Waals surface area contributed by atoms with Crippen LogP contribution in [0.4, 0.5) is 0 Å². The molecule has 0 radical (unpaired) electrons. The van der Waals surface area contributed by atoms with Gasteiger partial charge in [0, 0.05) is 23.5 Å². The number of thiophene rings is 1. The number of hydrogen-bond acceptors (Lipinski definition) is 3. The van der Waals surface area contributed by atoms with Crippen molar-refractivity contribution in [3.8, 4) is 0 Å². The Bertz CT molecular complexity index is 416. The van der Waals surface area contributed by atoms with E-state index in [1.165, 1.54) is 24.1 Å². The van der Waals surface area contributed by atoms with Gasteiger partial charge in [0.05, 0.1) is 4.34 Å². The van der Waals surface area contributed by atoms with Crippen LogP contribution in [-0.4, -0.2) is 24.0 Å². The summed E-state index contributed by atoms with van der Waals surface area (Å²) in [5.74, 6) is 0. The molecule has 1 heterocycles. The topological polar surface area (TPSA) is 29.3 Å². The van der Waals surface area contributed by atoms with E-state index in [2.05, 4.69) is 31.9 Å². The van der Waals surface area contributed by atoms with E-state index in [1.807, 2.05) is 6.07 Å². The molecule has 0 bridgehead atoms. The number of rotatable bonds is 4. The highest BCUT2D eigenvalue weighted by Crippen LogP contribution is 2.46. The molecule has 1 unspecified atom stereocenters. The minimum absolute atomic E-state index is 0.167. The highest BCUT2D eigenvalue weighted by atomic mass is 35.5. The molecule has 0 aromatic carbocycles. The molecule has 2 nitrogen and oxygen atoms in total. The van der Waals surface area contributed by atoms with Gasteiger partial charge in [0.25, 0.3) is 0 Å². The van der Waals surface area contributed by atoms with Gasteiger partial charge in [-0.05, 0) is 43.9 Å². The van der Waals surface area contributed by atoms with Gasteiger partial charge in [-0.15, -0.1) is 11.3 Å². The van der Waals surface area contributed by atoms with Crippen molar-refractivity contribution in [1.29, 1.82) is 0 Å². The van der Waals surface area contributed by atoms with Gasteiger partial charge in [0.1, 0.15) is 0 Å². The first-order chi connectivity index (χ1) is 8.37. The molecule has 0 spiro atoms. The Morgan fingerprint density at radius 2 is 2.11 bits per heavy atom. The summed E-state index contributed by atoms with van der Waals surface area (Å²) in [6.07, 6.45) is 3.65. The molecule has 0 aliphatic heterocycles. The number of hydrogen-bond donors (Lipinski definition) is 1. The van der Waals surface area contributed by atoms with Crippen molar-refractivity contribution in [2.24, 2.45) is 11.1 Å². The van der Waals surface area contributed by atoms with Gasteiger partial charge in [0.2, 0.25) is 0 Å². The molecule has 0 saturated heterocycles. The van der Waals surface area contributed by atoms with E-state index in [4.69, 9.17) is 17.3 Å². The van der Waals surface area contributed by atoms with Gasteiger partial charge in [-0.25, -0.2) is 0 Å². The van der Waals surface area contributed by atoms with Gasteiger partial charge in [-0.3, -0.25) is 4.90 Å². The van der Waals surface area contributed by atoms with Gasteiger partial charge < -0.3 is 5.73 Å². The van der Waals surface area contributed by atoms with Crippen molar-refractivity contribution >= 4 is 22.9 Å².